The highest BCUT2D eigenvalue weighted by Crippen LogP contribution is 2.23. The number of rotatable bonds is 6. The van der Waals surface area contributed by atoms with Crippen LogP contribution >= 0.6 is 0 Å². The van der Waals surface area contributed by atoms with E-state index in [2.05, 4.69) is 4.98 Å². The molecule has 1 aliphatic heterocycles. The second-order valence-corrected chi connectivity index (χ2v) is 6.30. The zero-order valence-electron chi connectivity index (χ0n) is 14.4. The van der Waals surface area contributed by atoms with E-state index in [9.17, 15) is 15.0 Å². The first-order valence-corrected chi connectivity index (χ1v) is 8.28. The smallest absolute Gasteiger partial charge is 0.259 e. The number of aliphatic hydroxyl groups is 2. The number of hydrogen-bond acceptors (Lipinski definition) is 6. The van der Waals surface area contributed by atoms with Gasteiger partial charge in [-0.3, -0.25) is 4.79 Å². The van der Waals surface area contributed by atoms with Crippen molar-refractivity contribution < 1.29 is 24.5 Å². The highest BCUT2D eigenvalue weighted by molar-refractivity contribution is 5.96. The molecule has 2 heterocycles. The summed E-state index contributed by atoms with van der Waals surface area (Å²) in [6.07, 6.45) is -0.489. The van der Waals surface area contributed by atoms with Gasteiger partial charge < -0.3 is 24.6 Å². The third-order valence-corrected chi connectivity index (χ3v) is 3.87. The normalized spacial score (nSPS) is 24.0. The molecule has 7 nitrogen and oxygen atoms in total. The zero-order chi connectivity index (χ0) is 17.7. The molecule has 0 bridgehead atoms. The Morgan fingerprint density at radius 3 is 2.88 bits per heavy atom. The van der Waals surface area contributed by atoms with Crippen LogP contribution in [0.3, 0.4) is 0 Å². The Kier molecular flexibility index (Phi) is 6.53. The van der Waals surface area contributed by atoms with E-state index in [1.165, 1.54) is 0 Å². The molecule has 1 aliphatic rings. The molecule has 0 spiro atoms. The lowest BCUT2D eigenvalue weighted by molar-refractivity contribution is -0.126. The van der Waals surface area contributed by atoms with E-state index in [-0.39, 0.29) is 30.9 Å². The van der Waals surface area contributed by atoms with Crippen LogP contribution < -0.4 is 4.74 Å². The van der Waals surface area contributed by atoms with E-state index in [4.69, 9.17) is 9.47 Å². The van der Waals surface area contributed by atoms with Crippen LogP contribution in [0.2, 0.25) is 0 Å². The molecule has 1 aromatic heterocycles. The van der Waals surface area contributed by atoms with Crippen molar-refractivity contribution in [3.63, 3.8) is 0 Å². The summed E-state index contributed by atoms with van der Waals surface area (Å²) in [5, 5.41) is 20.2. The molecule has 1 saturated heterocycles. The van der Waals surface area contributed by atoms with E-state index in [1.54, 1.807) is 23.2 Å². The Hall–Kier alpha value is -1.70. The second kappa shape index (κ2) is 8.41. The molecule has 2 N–H and O–H groups in total. The fraction of sp³-hybridized carbons (Fsp3) is 0.647. The summed E-state index contributed by atoms with van der Waals surface area (Å²) in [6.45, 7) is 6.87. The minimum atomic E-state index is -1.05. The molecule has 7 heteroatoms. The van der Waals surface area contributed by atoms with Crippen LogP contribution in [-0.2, 0) is 4.74 Å². The minimum Gasteiger partial charge on any atom is -0.477 e. The number of carbonyl (C=O) groups excluding carboxylic acids is 1. The largest absolute Gasteiger partial charge is 0.477 e. The van der Waals surface area contributed by atoms with Crippen LogP contribution in [0.4, 0.5) is 0 Å². The maximum absolute atomic E-state index is 13.1. The second-order valence-electron chi connectivity index (χ2n) is 6.30. The maximum atomic E-state index is 13.1. The lowest BCUT2D eigenvalue weighted by atomic mass is 10.00. The number of ether oxygens (including phenoxy) is 2. The number of pyridine rings is 1. The van der Waals surface area contributed by atoms with Crippen molar-refractivity contribution in [3.05, 3.63) is 23.9 Å². The highest BCUT2D eigenvalue weighted by atomic mass is 16.5. The van der Waals surface area contributed by atoms with Crippen molar-refractivity contribution in [2.45, 2.75) is 39.0 Å². The number of aromatic nitrogens is 1. The fourth-order valence-corrected chi connectivity index (χ4v) is 2.76. The van der Waals surface area contributed by atoms with Crippen LogP contribution in [0.25, 0.3) is 0 Å². The van der Waals surface area contributed by atoms with Crippen molar-refractivity contribution in [2.24, 2.45) is 5.92 Å². The van der Waals surface area contributed by atoms with Gasteiger partial charge in [0.15, 0.2) is 0 Å². The van der Waals surface area contributed by atoms with E-state index in [1.807, 2.05) is 20.8 Å². The van der Waals surface area contributed by atoms with Gasteiger partial charge in [-0.05, 0) is 25.0 Å². The third-order valence-electron chi connectivity index (χ3n) is 3.87. The van der Waals surface area contributed by atoms with E-state index < -0.39 is 18.2 Å². The molecule has 0 saturated carbocycles. The average molecular weight is 338 g/mol. The first-order chi connectivity index (χ1) is 11.5. The SMILES string of the molecule is CCOc1ncccc1C(=O)N(CC(C)C)[C@@H]1COC[C@@H](O)[C@H]1O. The van der Waals surface area contributed by atoms with Crippen LogP contribution in [0.1, 0.15) is 31.1 Å². The Morgan fingerprint density at radius 1 is 1.46 bits per heavy atom. The minimum absolute atomic E-state index is 0.0679. The summed E-state index contributed by atoms with van der Waals surface area (Å²) in [6, 6.07) is 2.71. The highest BCUT2D eigenvalue weighted by Gasteiger charge is 2.38. The fourth-order valence-electron chi connectivity index (χ4n) is 2.76. The first kappa shape index (κ1) is 18.6. The van der Waals surface area contributed by atoms with Crippen molar-refractivity contribution in [1.29, 1.82) is 0 Å². The van der Waals surface area contributed by atoms with Gasteiger partial charge in [0.05, 0.1) is 25.9 Å². The summed E-state index contributed by atoms with van der Waals surface area (Å²) in [5.74, 6) is 0.167. The molecule has 1 aromatic rings. The zero-order valence-corrected chi connectivity index (χ0v) is 14.4. The molecule has 1 fully saturated rings. The quantitative estimate of drug-likeness (QED) is 0.793. The summed E-state index contributed by atoms with van der Waals surface area (Å²) in [4.78, 5) is 18.8. The Bertz CT molecular complexity index is 552. The molecule has 0 aliphatic carbocycles. The number of amides is 1. The third kappa shape index (κ3) is 4.23. The number of aliphatic hydroxyl groups excluding tert-OH is 2. The lowest BCUT2D eigenvalue weighted by Gasteiger charge is -2.40. The van der Waals surface area contributed by atoms with Gasteiger partial charge in [0.2, 0.25) is 5.88 Å². The molecule has 1 amide bonds. The molecular weight excluding hydrogens is 312 g/mol. The van der Waals surface area contributed by atoms with Gasteiger partial charge in [-0.2, -0.15) is 0 Å². The van der Waals surface area contributed by atoms with Gasteiger partial charge in [-0.1, -0.05) is 13.8 Å². The van der Waals surface area contributed by atoms with E-state index >= 15 is 0 Å². The van der Waals surface area contributed by atoms with E-state index in [0.29, 0.717) is 18.7 Å². The number of nitrogens with zero attached hydrogens (tertiary/aromatic N) is 2. The Labute approximate surface area is 142 Å². The maximum Gasteiger partial charge on any atom is 0.259 e. The number of carbonyl (C=O) groups is 1. The molecule has 0 unspecified atom stereocenters. The Morgan fingerprint density at radius 2 is 2.21 bits per heavy atom. The monoisotopic (exact) mass is 338 g/mol. The summed E-state index contributed by atoms with van der Waals surface area (Å²) in [7, 11) is 0. The van der Waals surface area contributed by atoms with Gasteiger partial charge in [0, 0.05) is 12.7 Å². The van der Waals surface area contributed by atoms with Crippen molar-refractivity contribution in [3.8, 4) is 5.88 Å². The average Bonchev–Trinajstić information content (AvgIpc) is 2.55. The predicted molar refractivity (Wildman–Crippen MR) is 87.9 cm³/mol. The number of hydrogen-bond donors (Lipinski definition) is 2. The molecule has 3 atom stereocenters. The molecule has 0 radical (unpaired) electrons. The summed E-state index contributed by atoms with van der Waals surface area (Å²) in [5.41, 5.74) is 0.340. The first-order valence-electron chi connectivity index (χ1n) is 8.28. The van der Waals surface area contributed by atoms with Gasteiger partial charge in [0.25, 0.3) is 5.91 Å². The molecular formula is C17H26N2O5. The predicted octanol–water partition coefficient (Wildman–Crippen LogP) is 0.699. The van der Waals surface area contributed by atoms with Crippen LogP contribution in [0.5, 0.6) is 5.88 Å². The summed E-state index contributed by atoms with van der Waals surface area (Å²) < 4.78 is 10.8. The van der Waals surface area contributed by atoms with Gasteiger partial charge >= 0.3 is 0 Å². The van der Waals surface area contributed by atoms with Gasteiger partial charge in [-0.15, -0.1) is 0 Å². The van der Waals surface area contributed by atoms with Gasteiger partial charge in [-0.25, -0.2) is 4.98 Å². The standard InChI is InChI=1S/C17H26N2O5/c1-4-24-16-12(6-5-7-18-16)17(22)19(8-11(2)3)13-9-23-10-14(20)15(13)21/h5-7,11,13-15,20-21H,4,8-10H2,1-3H3/t13-,14-,15+/m1/s1. The Balaban J connectivity index is 2.32. The lowest BCUT2D eigenvalue weighted by Crippen LogP contribution is -2.58. The van der Waals surface area contributed by atoms with Crippen molar-refractivity contribution in [1.82, 2.24) is 9.88 Å². The van der Waals surface area contributed by atoms with Crippen LogP contribution in [-0.4, -0.2) is 70.6 Å². The van der Waals surface area contributed by atoms with Crippen molar-refractivity contribution in [2.75, 3.05) is 26.4 Å². The van der Waals surface area contributed by atoms with Crippen molar-refractivity contribution >= 4 is 5.91 Å². The van der Waals surface area contributed by atoms with Crippen LogP contribution in [0.15, 0.2) is 18.3 Å². The molecule has 134 valence electrons. The topological polar surface area (TPSA) is 92.1 Å². The summed E-state index contributed by atoms with van der Waals surface area (Å²) >= 11 is 0. The van der Waals surface area contributed by atoms with E-state index in [0.717, 1.165) is 0 Å². The molecule has 0 aromatic carbocycles. The van der Waals surface area contributed by atoms with Gasteiger partial charge in [0.1, 0.15) is 17.8 Å². The molecule has 2 rings (SSSR count). The molecule has 24 heavy (non-hydrogen) atoms. The van der Waals surface area contributed by atoms with Crippen LogP contribution in [0, 0.1) is 5.92 Å².